The van der Waals surface area contributed by atoms with Gasteiger partial charge in [0.15, 0.2) is 5.01 Å². The second-order valence-electron chi connectivity index (χ2n) is 8.80. The summed E-state index contributed by atoms with van der Waals surface area (Å²) in [5.74, 6) is -0.0267. The SMILES string of the molecule is Cc1cc(N2CCc3sc(C(F)(F)F)nc3C2)cc(C)c1NC(=O)CC(C)(C)C. The Bertz CT molecular complexity index is 905. The molecule has 1 aromatic heterocycles. The number of alkyl halides is 3. The number of aryl methyl sites for hydroxylation is 2. The fourth-order valence-electron chi connectivity index (χ4n) is 3.53. The Labute approximate surface area is 173 Å². The van der Waals surface area contributed by atoms with Crippen molar-refractivity contribution in [2.75, 3.05) is 16.8 Å². The summed E-state index contributed by atoms with van der Waals surface area (Å²) in [7, 11) is 0. The van der Waals surface area contributed by atoms with Gasteiger partial charge in [-0.05, 0) is 42.5 Å². The maximum atomic E-state index is 13.0. The van der Waals surface area contributed by atoms with Gasteiger partial charge in [0.25, 0.3) is 0 Å². The number of carbonyl (C=O) groups excluding carboxylic acids is 1. The first-order chi connectivity index (χ1) is 13.3. The maximum absolute atomic E-state index is 13.0. The van der Waals surface area contributed by atoms with E-state index < -0.39 is 11.2 Å². The van der Waals surface area contributed by atoms with Crippen LogP contribution in [0.15, 0.2) is 12.1 Å². The lowest BCUT2D eigenvalue weighted by atomic mass is 9.92. The van der Waals surface area contributed by atoms with Crippen molar-refractivity contribution >= 4 is 28.6 Å². The monoisotopic (exact) mass is 425 g/mol. The van der Waals surface area contributed by atoms with Crippen LogP contribution in [-0.2, 0) is 23.9 Å². The molecule has 8 heteroatoms. The molecule has 0 unspecified atom stereocenters. The largest absolute Gasteiger partial charge is 0.443 e. The second-order valence-corrected chi connectivity index (χ2v) is 9.88. The van der Waals surface area contributed by atoms with E-state index in [4.69, 9.17) is 0 Å². The van der Waals surface area contributed by atoms with Crippen molar-refractivity contribution in [2.45, 2.75) is 60.2 Å². The number of benzene rings is 1. The highest BCUT2D eigenvalue weighted by molar-refractivity contribution is 7.11. The summed E-state index contributed by atoms with van der Waals surface area (Å²) in [5.41, 5.74) is 4.01. The van der Waals surface area contributed by atoms with Gasteiger partial charge in [0.2, 0.25) is 5.91 Å². The van der Waals surface area contributed by atoms with E-state index in [2.05, 4.69) is 10.3 Å². The lowest BCUT2D eigenvalue weighted by molar-refractivity contribution is -0.137. The number of aromatic nitrogens is 1. The number of anilines is 2. The Balaban J connectivity index is 1.79. The summed E-state index contributed by atoms with van der Waals surface area (Å²) in [6.45, 7) is 10.9. The molecule has 0 aliphatic carbocycles. The molecule has 0 radical (unpaired) electrons. The van der Waals surface area contributed by atoms with E-state index >= 15 is 0 Å². The van der Waals surface area contributed by atoms with Crippen molar-refractivity contribution in [3.8, 4) is 0 Å². The van der Waals surface area contributed by atoms with E-state index in [1.807, 2.05) is 51.7 Å². The van der Waals surface area contributed by atoms with Crippen molar-refractivity contribution in [3.63, 3.8) is 0 Å². The van der Waals surface area contributed by atoms with Crippen molar-refractivity contribution in [2.24, 2.45) is 5.41 Å². The molecule has 2 heterocycles. The molecule has 0 atom stereocenters. The number of fused-ring (bicyclic) bond motifs is 1. The van der Waals surface area contributed by atoms with E-state index in [9.17, 15) is 18.0 Å². The molecular formula is C21H26F3N3OS. The molecule has 1 aliphatic rings. The van der Waals surface area contributed by atoms with E-state index in [1.165, 1.54) is 0 Å². The van der Waals surface area contributed by atoms with Crippen LogP contribution in [0, 0.1) is 19.3 Å². The first-order valence-electron chi connectivity index (χ1n) is 9.55. The third kappa shape index (κ3) is 5.10. The minimum absolute atomic E-state index is 0.0267. The van der Waals surface area contributed by atoms with Gasteiger partial charge in [0.05, 0.1) is 12.2 Å². The van der Waals surface area contributed by atoms with Gasteiger partial charge in [-0.2, -0.15) is 13.2 Å². The van der Waals surface area contributed by atoms with Crippen LogP contribution < -0.4 is 10.2 Å². The van der Waals surface area contributed by atoms with E-state index in [0.717, 1.165) is 33.8 Å². The highest BCUT2D eigenvalue weighted by Gasteiger charge is 2.37. The molecule has 158 valence electrons. The fraction of sp³-hybridized carbons (Fsp3) is 0.524. The summed E-state index contributed by atoms with van der Waals surface area (Å²) >= 11 is 0.749. The average molecular weight is 426 g/mol. The molecule has 2 aromatic rings. The Morgan fingerprint density at radius 1 is 1.21 bits per heavy atom. The molecule has 29 heavy (non-hydrogen) atoms. The van der Waals surface area contributed by atoms with Crippen LogP contribution in [0.4, 0.5) is 24.5 Å². The van der Waals surface area contributed by atoms with Gasteiger partial charge in [-0.15, -0.1) is 11.3 Å². The molecule has 0 bridgehead atoms. The van der Waals surface area contributed by atoms with Gasteiger partial charge in [-0.3, -0.25) is 4.79 Å². The van der Waals surface area contributed by atoms with Gasteiger partial charge >= 0.3 is 6.18 Å². The second kappa shape index (κ2) is 7.63. The Kier molecular flexibility index (Phi) is 5.69. The van der Waals surface area contributed by atoms with Crippen LogP contribution in [0.1, 0.15) is 53.9 Å². The van der Waals surface area contributed by atoms with E-state index in [0.29, 0.717) is 36.5 Å². The Morgan fingerprint density at radius 3 is 2.38 bits per heavy atom. The predicted molar refractivity (Wildman–Crippen MR) is 110 cm³/mol. The maximum Gasteiger partial charge on any atom is 0.443 e. The predicted octanol–water partition coefficient (Wildman–Crippen LogP) is 5.72. The summed E-state index contributed by atoms with van der Waals surface area (Å²) in [6.07, 6.45) is -3.42. The number of amides is 1. The standard InChI is InChI=1S/C21H26F3N3OS/c1-12-8-14(9-13(2)18(12)26-17(28)10-20(3,4)5)27-7-6-16-15(11-27)25-19(29-16)21(22,23)24/h8-9H,6-7,10-11H2,1-5H3,(H,26,28). The van der Waals surface area contributed by atoms with Gasteiger partial charge < -0.3 is 10.2 Å². The summed E-state index contributed by atoms with van der Waals surface area (Å²) < 4.78 is 38.9. The van der Waals surface area contributed by atoms with Crippen LogP contribution in [0.3, 0.4) is 0 Å². The molecule has 4 nitrogen and oxygen atoms in total. The summed E-state index contributed by atoms with van der Waals surface area (Å²) in [5, 5.41) is 2.24. The number of hydrogen-bond acceptors (Lipinski definition) is 4. The van der Waals surface area contributed by atoms with Crippen molar-refractivity contribution < 1.29 is 18.0 Å². The lowest BCUT2D eigenvalue weighted by Gasteiger charge is -2.29. The van der Waals surface area contributed by atoms with Crippen LogP contribution in [0.2, 0.25) is 0 Å². The number of carbonyl (C=O) groups is 1. The van der Waals surface area contributed by atoms with Crippen molar-refractivity contribution in [1.29, 1.82) is 0 Å². The molecule has 0 spiro atoms. The summed E-state index contributed by atoms with van der Waals surface area (Å²) in [6, 6.07) is 3.95. The fourth-order valence-corrected chi connectivity index (χ4v) is 4.45. The van der Waals surface area contributed by atoms with Gasteiger partial charge in [0.1, 0.15) is 0 Å². The molecule has 3 rings (SSSR count). The molecule has 0 saturated heterocycles. The minimum Gasteiger partial charge on any atom is -0.365 e. The number of nitrogens with zero attached hydrogens (tertiary/aromatic N) is 2. The third-order valence-electron chi connectivity index (χ3n) is 4.81. The highest BCUT2D eigenvalue weighted by Crippen LogP contribution is 2.37. The topological polar surface area (TPSA) is 45.2 Å². The van der Waals surface area contributed by atoms with Crippen molar-refractivity contribution in [1.82, 2.24) is 4.98 Å². The average Bonchev–Trinajstić information content (AvgIpc) is 3.00. The molecular weight excluding hydrogens is 399 g/mol. The van der Waals surface area contributed by atoms with E-state index in [-0.39, 0.29) is 11.3 Å². The molecule has 1 aliphatic heterocycles. The molecule has 1 aromatic carbocycles. The quantitative estimate of drug-likeness (QED) is 0.684. The summed E-state index contributed by atoms with van der Waals surface area (Å²) in [4.78, 5) is 18.9. The number of hydrogen-bond donors (Lipinski definition) is 1. The molecule has 1 N–H and O–H groups in total. The van der Waals surface area contributed by atoms with Gasteiger partial charge in [-0.1, -0.05) is 20.8 Å². The highest BCUT2D eigenvalue weighted by atomic mass is 32.1. The molecule has 1 amide bonds. The smallest absolute Gasteiger partial charge is 0.365 e. The number of rotatable bonds is 3. The number of halogens is 3. The minimum atomic E-state index is -4.40. The van der Waals surface area contributed by atoms with Gasteiger partial charge in [0, 0.05) is 35.6 Å². The Morgan fingerprint density at radius 2 is 1.83 bits per heavy atom. The Hall–Kier alpha value is -2.09. The normalized spacial score (nSPS) is 14.7. The number of nitrogens with one attached hydrogen (secondary N) is 1. The number of thiazole rings is 1. The molecule has 0 fully saturated rings. The van der Waals surface area contributed by atoms with E-state index in [1.54, 1.807) is 0 Å². The zero-order chi connectivity index (χ0) is 21.6. The van der Waals surface area contributed by atoms with Crippen LogP contribution in [0.5, 0.6) is 0 Å². The van der Waals surface area contributed by atoms with Crippen LogP contribution >= 0.6 is 11.3 Å². The zero-order valence-electron chi connectivity index (χ0n) is 17.3. The first kappa shape index (κ1) is 21.6. The third-order valence-corrected chi connectivity index (χ3v) is 6.01. The van der Waals surface area contributed by atoms with Gasteiger partial charge in [-0.25, -0.2) is 4.98 Å². The zero-order valence-corrected chi connectivity index (χ0v) is 18.1. The van der Waals surface area contributed by atoms with Crippen LogP contribution in [-0.4, -0.2) is 17.4 Å². The first-order valence-corrected chi connectivity index (χ1v) is 10.4. The molecule has 0 saturated carbocycles. The lowest BCUT2D eigenvalue weighted by Crippen LogP contribution is -2.30. The van der Waals surface area contributed by atoms with Crippen molar-refractivity contribution in [3.05, 3.63) is 38.8 Å². The van der Waals surface area contributed by atoms with Crippen LogP contribution in [0.25, 0.3) is 0 Å².